The summed E-state index contributed by atoms with van der Waals surface area (Å²) in [6, 6.07) is 7.86. The van der Waals surface area contributed by atoms with Crippen LogP contribution in [0.4, 0.5) is 13.2 Å². The average molecular weight is 295 g/mol. The highest BCUT2D eigenvalue weighted by atomic mass is 19.4. The molecular weight excluding hydrogens is 279 g/mol. The minimum atomic E-state index is -4.39. The Morgan fingerprint density at radius 2 is 1.62 bits per heavy atom. The van der Waals surface area contributed by atoms with Gasteiger partial charge in [0.15, 0.2) is 0 Å². The number of aromatic nitrogens is 1. The normalized spacial score (nSPS) is 12.0. The van der Waals surface area contributed by atoms with Crippen LogP contribution in [0.15, 0.2) is 36.4 Å². The van der Waals surface area contributed by atoms with E-state index in [2.05, 4.69) is 0 Å². The van der Waals surface area contributed by atoms with E-state index in [0.717, 1.165) is 17.8 Å². The second-order valence-electron chi connectivity index (χ2n) is 5.26. The topological polar surface area (TPSA) is 22.0 Å². The number of benzene rings is 1. The van der Waals surface area contributed by atoms with Crippen molar-refractivity contribution in [1.29, 1.82) is 0 Å². The Kier molecular flexibility index (Phi) is 3.94. The Bertz CT molecular complexity index is 651. The number of rotatable bonds is 3. The van der Waals surface area contributed by atoms with E-state index in [1.54, 1.807) is 17.7 Å². The molecule has 0 aliphatic carbocycles. The van der Waals surface area contributed by atoms with Gasteiger partial charge in [0, 0.05) is 18.3 Å². The summed E-state index contributed by atoms with van der Waals surface area (Å²) in [6.07, 6.45) is -4.39. The number of ketones is 1. The van der Waals surface area contributed by atoms with Crippen LogP contribution >= 0.6 is 0 Å². The molecule has 0 spiro atoms. The Hall–Kier alpha value is -2.04. The van der Waals surface area contributed by atoms with Crippen molar-refractivity contribution in [2.24, 2.45) is 7.05 Å². The second kappa shape index (κ2) is 5.39. The van der Waals surface area contributed by atoms with Crippen molar-refractivity contribution in [2.75, 3.05) is 0 Å². The van der Waals surface area contributed by atoms with Crippen LogP contribution in [-0.4, -0.2) is 10.4 Å². The van der Waals surface area contributed by atoms with E-state index >= 15 is 0 Å². The van der Waals surface area contributed by atoms with Gasteiger partial charge in [0.2, 0.25) is 5.78 Å². The Morgan fingerprint density at radius 3 is 2.05 bits per heavy atom. The lowest BCUT2D eigenvalue weighted by atomic mass is 10.1. The molecule has 21 heavy (non-hydrogen) atoms. The largest absolute Gasteiger partial charge is 0.416 e. The first kappa shape index (κ1) is 15.4. The minimum absolute atomic E-state index is 0.250. The first-order valence-corrected chi connectivity index (χ1v) is 6.59. The summed E-state index contributed by atoms with van der Waals surface area (Å²) < 4.78 is 39.3. The zero-order valence-corrected chi connectivity index (χ0v) is 12.0. The molecule has 1 heterocycles. The fraction of sp³-hybridized carbons (Fsp3) is 0.312. The first-order chi connectivity index (χ1) is 9.71. The van der Waals surface area contributed by atoms with E-state index in [-0.39, 0.29) is 17.3 Å². The summed E-state index contributed by atoms with van der Waals surface area (Å²) in [5, 5.41) is 0. The van der Waals surface area contributed by atoms with E-state index in [1.807, 2.05) is 19.9 Å². The molecule has 0 saturated carbocycles. The summed E-state index contributed by atoms with van der Waals surface area (Å²) in [4.78, 5) is 12.4. The standard InChI is InChI=1S/C16H16F3NO/c1-10(2)13-8-9-14(20(13)3)15(21)11-4-6-12(7-5-11)16(17,18)19/h4-10H,1-3H3. The highest BCUT2D eigenvalue weighted by molar-refractivity contribution is 6.08. The Morgan fingerprint density at radius 1 is 1.05 bits per heavy atom. The molecule has 0 N–H and O–H groups in total. The third kappa shape index (κ3) is 3.01. The van der Waals surface area contributed by atoms with Crippen LogP contribution in [0.2, 0.25) is 0 Å². The molecule has 5 heteroatoms. The van der Waals surface area contributed by atoms with Crippen LogP contribution in [0.5, 0.6) is 0 Å². The fourth-order valence-electron chi connectivity index (χ4n) is 2.29. The SMILES string of the molecule is CC(C)c1ccc(C(=O)c2ccc(C(F)(F)F)cc2)n1C. The predicted octanol–water partition coefficient (Wildman–Crippen LogP) is 4.40. The lowest BCUT2D eigenvalue weighted by Crippen LogP contribution is -2.11. The summed E-state index contributed by atoms with van der Waals surface area (Å²) in [5.41, 5.74) is 0.969. The van der Waals surface area contributed by atoms with Crippen molar-refractivity contribution in [3.63, 3.8) is 0 Å². The first-order valence-electron chi connectivity index (χ1n) is 6.59. The molecule has 0 unspecified atom stereocenters. The molecule has 0 radical (unpaired) electrons. The van der Waals surface area contributed by atoms with Crippen LogP contribution < -0.4 is 0 Å². The smallest absolute Gasteiger partial charge is 0.345 e. The van der Waals surface area contributed by atoms with Crippen LogP contribution in [0.25, 0.3) is 0 Å². The number of hydrogen-bond acceptors (Lipinski definition) is 1. The molecule has 1 aromatic heterocycles. The van der Waals surface area contributed by atoms with Crippen molar-refractivity contribution in [2.45, 2.75) is 25.9 Å². The third-order valence-corrected chi connectivity index (χ3v) is 3.46. The summed E-state index contributed by atoms with van der Waals surface area (Å²) >= 11 is 0. The van der Waals surface area contributed by atoms with E-state index in [0.29, 0.717) is 5.69 Å². The van der Waals surface area contributed by atoms with Crippen molar-refractivity contribution in [1.82, 2.24) is 4.57 Å². The number of carbonyl (C=O) groups is 1. The molecule has 112 valence electrons. The quantitative estimate of drug-likeness (QED) is 0.769. The van der Waals surface area contributed by atoms with Gasteiger partial charge in [-0.1, -0.05) is 26.0 Å². The van der Waals surface area contributed by atoms with Crippen LogP contribution in [0.3, 0.4) is 0 Å². The molecular formula is C16H16F3NO. The van der Waals surface area contributed by atoms with Gasteiger partial charge in [-0.3, -0.25) is 4.79 Å². The average Bonchev–Trinajstić information content (AvgIpc) is 2.79. The zero-order chi connectivity index (χ0) is 15.8. The fourth-order valence-corrected chi connectivity index (χ4v) is 2.29. The van der Waals surface area contributed by atoms with Gasteiger partial charge in [-0.15, -0.1) is 0 Å². The van der Waals surface area contributed by atoms with Gasteiger partial charge in [-0.05, 0) is 30.2 Å². The molecule has 0 aliphatic heterocycles. The molecule has 0 saturated heterocycles. The maximum Gasteiger partial charge on any atom is 0.416 e. The zero-order valence-electron chi connectivity index (χ0n) is 12.0. The molecule has 1 aromatic carbocycles. The lowest BCUT2D eigenvalue weighted by molar-refractivity contribution is -0.137. The third-order valence-electron chi connectivity index (χ3n) is 3.46. The minimum Gasteiger partial charge on any atom is -0.345 e. The molecule has 2 aromatic rings. The second-order valence-corrected chi connectivity index (χ2v) is 5.26. The van der Waals surface area contributed by atoms with Crippen molar-refractivity contribution < 1.29 is 18.0 Å². The van der Waals surface area contributed by atoms with Gasteiger partial charge in [-0.2, -0.15) is 13.2 Å². The number of hydrogen-bond donors (Lipinski definition) is 0. The number of nitrogens with zero attached hydrogens (tertiary/aromatic N) is 1. The van der Waals surface area contributed by atoms with Gasteiger partial charge in [0.1, 0.15) is 0 Å². The van der Waals surface area contributed by atoms with Gasteiger partial charge in [0.25, 0.3) is 0 Å². The van der Waals surface area contributed by atoms with Crippen LogP contribution in [0, 0.1) is 0 Å². The molecule has 2 rings (SSSR count). The summed E-state index contributed by atoms with van der Waals surface area (Å²) in [7, 11) is 1.78. The number of carbonyl (C=O) groups excluding carboxylic acids is 1. The Balaban J connectivity index is 2.33. The van der Waals surface area contributed by atoms with Crippen molar-refractivity contribution >= 4 is 5.78 Å². The summed E-state index contributed by atoms with van der Waals surface area (Å²) in [6.45, 7) is 4.03. The monoisotopic (exact) mass is 295 g/mol. The maximum absolute atomic E-state index is 12.5. The summed E-state index contributed by atoms with van der Waals surface area (Å²) in [5.74, 6) is -0.0118. The van der Waals surface area contributed by atoms with Gasteiger partial charge >= 0.3 is 6.18 Å². The van der Waals surface area contributed by atoms with Crippen molar-refractivity contribution in [3.8, 4) is 0 Å². The van der Waals surface area contributed by atoms with E-state index in [1.165, 1.54) is 12.1 Å². The molecule has 0 fully saturated rings. The molecule has 2 nitrogen and oxygen atoms in total. The predicted molar refractivity (Wildman–Crippen MR) is 74.4 cm³/mol. The number of alkyl halides is 3. The van der Waals surface area contributed by atoms with E-state index in [4.69, 9.17) is 0 Å². The number of halogens is 3. The van der Waals surface area contributed by atoms with Gasteiger partial charge < -0.3 is 4.57 Å². The van der Waals surface area contributed by atoms with E-state index in [9.17, 15) is 18.0 Å². The lowest BCUT2D eigenvalue weighted by Gasteiger charge is -2.10. The Labute approximate surface area is 121 Å². The van der Waals surface area contributed by atoms with E-state index < -0.39 is 11.7 Å². The highest BCUT2D eigenvalue weighted by Crippen LogP contribution is 2.29. The van der Waals surface area contributed by atoms with Gasteiger partial charge in [0.05, 0.1) is 11.3 Å². The van der Waals surface area contributed by atoms with Crippen LogP contribution in [-0.2, 0) is 13.2 Å². The van der Waals surface area contributed by atoms with Crippen molar-refractivity contribution in [3.05, 3.63) is 58.9 Å². The van der Waals surface area contributed by atoms with Gasteiger partial charge in [-0.25, -0.2) is 0 Å². The highest BCUT2D eigenvalue weighted by Gasteiger charge is 2.30. The molecule has 0 bridgehead atoms. The maximum atomic E-state index is 12.5. The molecule has 0 amide bonds. The van der Waals surface area contributed by atoms with Crippen LogP contribution in [0.1, 0.15) is 47.1 Å². The molecule has 0 aliphatic rings. The molecule has 0 atom stereocenters.